The number of likely N-dealkylation sites (N-methyl/N-ethyl adjacent to an activating group) is 1. The number of amides is 1. The van der Waals surface area contributed by atoms with Crippen molar-refractivity contribution in [2.45, 2.75) is 19.9 Å². The second-order valence-electron chi connectivity index (χ2n) is 3.57. The van der Waals surface area contributed by atoms with Crippen molar-refractivity contribution in [2.24, 2.45) is 0 Å². The highest BCUT2D eigenvalue weighted by molar-refractivity contribution is 9.10. The number of carboxylic acid groups (broad SMARTS) is 1. The zero-order valence-corrected chi connectivity index (χ0v) is 11.3. The average molecular weight is 300 g/mol. The number of nitrogens with zero attached hydrogens (tertiary/aromatic N) is 1. The molecule has 0 aliphatic rings. The average Bonchev–Trinajstić information content (AvgIpc) is 2.26. The molecule has 17 heavy (non-hydrogen) atoms. The highest BCUT2D eigenvalue weighted by Crippen LogP contribution is 2.28. The van der Waals surface area contributed by atoms with E-state index in [2.05, 4.69) is 15.9 Å². The number of hydrogen-bond donors (Lipinski definition) is 1. The Labute approximate surface area is 108 Å². The predicted octanol–water partition coefficient (Wildman–Crippen LogP) is 2.44. The summed E-state index contributed by atoms with van der Waals surface area (Å²) in [6.07, 6.45) is 0. The molecule has 0 bridgehead atoms. The Kier molecular flexibility index (Phi) is 4.69. The van der Waals surface area contributed by atoms with Crippen LogP contribution >= 0.6 is 15.9 Å². The lowest BCUT2D eigenvalue weighted by atomic mass is 10.1. The Morgan fingerprint density at radius 2 is 2.00 bits per heavy atom. The number of rotatable bonds is 4. The van der Waals surface area contributed by atoms with Crippen LogP contribution in [0, 0.1) is 0 Å². The van der Waals surface area contributed by atoms with Gasteiger partial charge in [0.25, 0.3) is 0 Å². The molecule has 0 heterocycles. The van der Waals surface area contributed by atoms with Crippen LogP contribution in [-0.4, -0.2) is 28.4 Å². The van der Waals surface area contributed by atoms with E-state index in [0.29, 0.717) is 16.6 Å². The highest BCUT2D eigenvalue weighted by atomic mass is 79.9. The first-order chi connectivity index (χ1) is 7.99. The number of carbonyl (C=O) groups excluding carboxylic acids is 1. The molecule has 0 fully saturated rings. The molecule has 0 aliphatic heterocycles. The van der Waals surface area contributed by atoms with Crippen LogP contribution in [0.3, 0.4) is 0 Å². The summed E-state index contributed by atoms with van der Waals surface area (Å²) in [5.74, 6) is -1.29. The first kappa shape index (κ1) is 13.7. The van der Waals surface area contributed by atoms with Crippen LogP contribution < -0.4 is 0 Å². The van der Waals surface area contributed by atoms with Gasteiger partial charge in [-0.3, -0.25) is 4.79 Å². The Balaban J connectivity index is 3.22. The minimum absolute atomic E-state index is 0.254. The van der Waals surface area contributed by atoms with Gasteiger partial charge in [0.1, 0.15) is 0 Å². The van der Waals surface area contributed by atoms with Crippen molar-refractivity contribution >= 4 is 27.8 Å². The van der Waals surface area contributed by atoms with Gasteiger partial charge in [-0.05, 0) is 13.0 Å². The van der Waals surface area contributed by atoms with Gasteiger partial charge in [0.2, 0.25) is 5.91 Å². The molecular formula is C12H14BrNO3. The largest absolute Gasteiger partial charge is 0.479 e. The number of carbonyl (C=O) groups is 2. The van der Waals surface area contributed by atoms with Crippen LogP contribution in [0.1, 0.15) is 25.5 Å². The molecule has 1 unspecified atom stereocenters. The predicted molar refractivity (Wildman–Crippen MR) is 67.6 cm³/mol. The van der Waals surface area contributed by atoms with Crippen molar-refractivity contribution in [1.82, 2.24) is 4.90 Å². The molecule has 92 valence electrons. The molecule has 1 N–H and O–H groups in total. The standard InChI is InChI=1S/C12H14BrNO3/c1-3-14(8(2)15)11(12(16)17)9-6-4-5-7-10(9)13/h4-7,11H,3H2,1-2H3,(H,16,17). The van der Waals surface area contributed by atoms with Crippen molar-refractivity contribution in [2.75, 3.05) is 6.54 Å². The number of hydrogen-bond acceptors (Lipinski definition) is 2. The smallest absolute Gasteiger partial charge is 0.331 e. The van der Waals surface area contributed by atoms with Crippen molar-refractivity contribution in [3.8, 4) is 0 Å². The molecule has 5 heteroatoms. The highest BCUT2D eigenvalue weighted by Gasteiger charge is 2.29. The first-order valence-electron chi connectivity index (χ1n) is 5.23. The molecule has 1 aromatic carbocycles. The Bertz CT molecular complexity index is 434. The Morgan fingerprint density at radius 3 is 2.41 bits per heavy atom. The summed E-state index contributed by atoms with van der Waals surface area (Å²) in [6, 6.07) is 6.07. The molecule has 0 spiro atoms. The van der Waals surface area contributed by atoms with Gasteiger partial charge in [-0.25, -0.2) is 4.79 Å². The minimum Gasteiger partial charge on any atom is -0.479 e. The number of aliphatic carboxylic acids is 1. The maximum atomic E-state index is 11.5. The monoisotopic (exact) mass is 299 g/mol. The maximum absolute atomic E-state index is 11.5. The topological polar surface area (TPSA) is 57.6 Å². The minimum atomic E-state index is -1.03. The van der Waals surface area contributed by atoms with Crippen LogP contribution in [0.15, 0.2) is 28.7 Å². The zero-order valence-electron chi connectivity index (χ0n) is 9.68. The summed E-state index contributed by atoms with van der Waals surface area (Å²) in [7, 11) is 0. The molecule has 0 aliphatic carbocycles. The molecule has 1 rings (SSSR count). The number of carboxylic acids is 1. The van der Waals surface area contributed by atoms with Crippen LogP contribution in [0.5, 0.6) is 0 Å². The summed E-state index contributed by atoms with van der Waals surface area (Å²) in [5, 5.41) is 9.29. The Morgan fingerprint density at radius 1 is 1.41 bits per heavy atom. The van der Waals surface area contributed by atoms with E-state index in [0.717, 1.165) is 0 Å². The fourth-order valence-corrected chi connectivity index (χ4v) is 2.22. The van der Waals surface area contributed by atoms with Gasteiger partial charge in [0.15, 0.2) is 6.04 Å². The number of benzene rings is 1. The summed E-state index contributed by atoms with van der Waals surface area (Å²) in [5.41, 5.74) is 0.581. The van der Waals surface area contributed by atoms with Gasteiger partial charge in [-0.1, -0.05) is 34.1 Å². The lowest BCUT2D eigenvalue weighted by Crippen LogP contribution is -2.37. The van der Waals surface area contributed by atoms with Crippen molar-refractivity contribution in [3.05, 3.63) is 34.3 Å². The molecule has 1 atom stereocenters. The SMILES string of the molecule is CCN(C(C)=O)C(C(=O)O)c1ccccc1Br. The van der Waals surface area contributed by atoms with E-state index in [1.54, 1.807) is 31.2 Å². The van der Waals surface area contributed by atoms with Crippen LogP contribution in [0.25, 0.3) is 0 Å². The maximum Gasteiger partial charge on any atom is 0.331 e. The fraction of sp³-hybridized carbons (Fsp3) is 0.333. The molecule has 4 nitrogen and oxygen atoms in total. The van der Waals surface area contributed by atoms with Crippen LogP contribution in [0.4, 0.5) is 0 Å². The van der Waals surface area contributed by atoms with Crippen molar-refractivity contribution in [1.29, 1.82) is 0 Å². The van der Waals surface area contributed by atoms with E-state index < -0.39 is 12.0 Å². The van der Waals surface area contributed by atoms with Crippen molar-refractivity contribution < 1.29 is 14.7 Å². The first-order valence-corrected chi connectivity index (χ1v) is 6.02. The lowest BCUT2D eigenvalue weighted by Gasteiger charge is -2.27. The second kappa shape index (κ2) is 5.82. The second-order valence-corrected chi connectivity index (χ2v) is 4.42. The van der Waals surface area contributed by atoms with Gasteiger partial charge in [-0.15, -0.1) is 0 Å². The van der Waals surface area contributed by atoms with Crippen molar-refractivity contribution in [3.63, 3.8) is 0 Å². The molecule has 0 radical (unpaired) electrons. The van der Waals surface area contributed by atoms with E-state index in [4.69, 9.17) is 0 Å². The van der Waals surface area contributed by atoms with E-state index in [9.17, 15) is 14.7 Å². The van der Waals surface area contributed by atoms with E-state index in [-0.39, 0.29) is 5.91 Å². The third-order valence-corrected chi connectivity index (χ3v) is 3.21. The third-order valence-electron chi connectivity index (χ3n) is 2.49. The van der Waals surface area contributed by atoms with E-state index in [1.807, 2.05) is 0 Å². The molecular weight excluding hydrogens is 286 g/mol. The van der Waals surface area contributed by atoms with Gasteiger partial charge in [0.05, 0.1) is 0 Å². The quantitative estimate of drug-likeness (QED) is 0.929. The normalized spacial score (nSPS) is 11.9. The van der Waals surface area contributed by atoms with E-state index >= 15 is 0 Å². The van der Waals surface area contributed by atoms with Crippen LogP contribution in [0.2, 0.25) is 0 Å². The molecule has 0 aromatic heterocycles. The lowest BCUT2D eigenvalue weighted by molar-refractivity contribution is -0.149. The molecule has 0 saturated carbocycles. The van der Waals surface area contributed by atoms with Gasteiger partial charge in [-0.2, -0.15) is 0 Å². The molecule has 1 amide bonds. The summed E-state index contributed by atoms with van der Waals surface area (Å²) in [4.78, 5) is 24.1. The third kappa shape index (κ3) is 3.06. The molecule has 0 saturated heterocycles. The fourth-order valence-electron chi connectivity index (χ4n) is 1.72. The van der Waals surface area contributed by atoms with E-state index in [1.165, 1.54) is 11.8 Å². The van der Waals surface area contributed by atoms with Crippen LogP contribution in [-0.2, 0) is 9.59 Å². The van der Waals surface area contributed by atoms with Gasteiger partial charge in [0, 0.05) is 23.5 Å². The Hall–Kier alpha value is -1.36. The number of halogens is 1. The summed E-state index contributed by atoms with van der Waals surface area (Å²) >= 11 is 3.31. The van der Waals surface area contributed by atoms with Gasteiger partial charge < -0.3 is 10.0 Å². The zero-order chi connectivity index (χ0) is 13.0. The summed E-state index contributed by atoms with van der Waals surface area (Å²) < 4.78 is 0.687. The molecule has 1 aromatic rings. The summed E-state index contributed by atoms with van der Waals surface area (Å²) in [6.45, 7) is 3.48. The van der Waals surface area contributed by atoms with Gasteiger partial charge >= 0.3 is 5.97 Å².